The highest BCUT2D eigenvalue weighted by Crippen LogP contribution is 2.35. The summed E-state index contributed by atoms with van der Waals surface area (Å²) in [5.74, 6) is 1.62. The molecule has 0 fully saturated rings. The number of ether oxygens (including phenoxy) is 2. The molecule has 138 valence electrons. The average molecular weight is 372 g/mol. The lowest BCUT2D eigenvalue weighted by Crippen LogP contribution is -2.13. The first kappa shape index (κ1) is 18.5. The molecule has 6 heteroatoms. The SMILES string of the molecule is C/C=C/c1cc(C(=O)Nc2nc3c(s2)CC(C)CC3)cc(OC)c1OC. The number of thiazole rings is 1. The molecule has 1 aliphatic rings. The van der Waals surface area contributed by atoms with Gasteiger partial charge in [-0.25, -0.2) is 4.98 Å². The summed E-state index contributed by atoms with van der Waals surface area (Å²) < 4.78 is 10.8. The summed E-state index contributed by atoms with van der Waals surface area (Å²) in [6.07, 6.45) is 6.98. The third-order valence-electron chi connectivity index (χ3n) is 4.52. The van der Waals surface area contributed by atoms with Crippen LogP contribution in [0.15, 0.2) is 18.2 Å². The van der Waals surface area contributed by atoms with Crippen LogP contribution in [-0.4, -0.2) is 25.1 Å². The van der Waals surface area contributed by atoms with E-state index in [9.17, 15) is 4.79 Å². The van der Waals surface area contributed by atoms with Crippen molar-refractivity contribution in [3.63, 3.8) is 0 Å². The Morgan fingerprint density at radius 1 is 1.35 bits per heavy atom. The van der Waals surface area contributed by atoms with Crippen molar-refractivity contribution >= 4 is 28.5 Å². The molecule has 1 unspecified atom stereocenters. The Hall–Kier alpha value is -2.34. The normalized spacial score (nSPS) is 16.4. The molecule has 0 saturated heterocycles. The molecule has 1 N–H and O–H groups in total. The quantitative estimate of drug-likeness (QED) is 0.835. The highest BCUT2D eigenvalue weighted by atomic mass is 32.1. The first-order chi connectivity index (χ1) is 12.5. The summed E-state index contributed by atoms with van der Waals surface area (Å²) in [7, 11) is 3.15. The standard InChI is InChI=1S/C20H24N2O3S/c1-5-6-13-10-14(11-16(24-3)18(13)25-4)19(23)22-20-21-15-8-7-12(2)9-17(15)26-20/h5-6,10-12H,7-9H2,1-4H3,(H,21,22,23)/b6-5+. The number of nitrogens with zero attached hydrogens (tertiary/aromatic N) is 1. The molecule has 1 aromatic heterocycles. The molecule has 5 nitrogen and oxygen atoms in total. The fraction of sp³-hybridized carbons (Fsp3) is 0.400. The molecule has 0 aliphatic heterocycles. The van der Waals surface area contributed by atoms with Crippen molar-refractivity contribution in [1.82, 2.24) is 4.98 Å². The maximum Gasteiger partial charge on any atom is 0.257 e. The smallest absolute Gasteiger partial charge is 0.257 e. The number of rotatable bonds is 5. The van der Waals surface area contributed by atoms with Gasteiger partial charge in [0.25, 0.3) is 5.91 Å². The van der Waals surface area contributed by atoms with Crippen LogP contribution in [0.1, 0.15) is 46.8 Å². The van der Waals surface area contributed by atoms with E-state index in [0.29, 0.717) is 28.1 Å². The summed E-state index contributed by atoms with van der Waals surface area (Å²) >= 11 is 1.58. The molecule has 0 saturated carbocycles. The zero-order valence-corrected chi connectivity index (χ0v) is 16.4. The van der Waals surface area contributed by atoms with Crippen LogP contribution in [-0.2, 0) is 12.8 Å². The van der Waals surface area contributed by atoms with Gasteiger partial charge in [-0.3, -0.25) is 10.1 Å². The Bertz CT molecular complexity index is 842. The van der Waals surface area contributed by atoms with E-state index in [4.69, 9.17) is 9.47 Å². The zero-order valence-electron chi connectivity index (χ0n) is 15.6. The molecule has 1 aromatic carbocycles. The van der Waals surface area contributed by atoms with Gasteiger partial charge in [0, 0.05) is 16.0 Å². The second-order valence-electron chi connectivity index (χ2n) is 6.49. The van der Waals surface area contributed by atoms with Gasteiger partial charge in [-0.15, -0.1) is 11.3 Å². The third-order valence-corrected chi connectivity index (χ3v) is 5.56. The van der Waals surface area contributed by atoms with Gasteiger partial charge in [0.05, 0.1) is 19.9 Å². The van der Waals surface area contributed by atoms with E-state index >= 15 is 0 Å². The van der Waals surface area contributed by atoms with E-state index in [0.717, 1.165) is 30.5 Å². The number of nitrogens with one attached hydrogen (secondary N) is 1. The third kappa shape index (κ3) is 3.75. The molecular formula is C20H24N2O3S. The van der Waals surface area contributed by atoms with Gasteiger partial charge < -0.3 is 9.47 Å². The van der Waals surface area contributed by atoms with E-state index < -0.39 is 0 Å². The lowest BCUT2D eigenvalue weighted by Gasteiger charge is -2.15. The van der Waals surface area contributed by atoms with Crippen molar-refractivity contribution < 1.29 is 14.3 Å². The number of fused-ring (bicyclic) bond motifs is 1. The summed E-state index contributed by atoms with van der Waals surface area (Å²) in [5, 5.41) is 3.60. The number of carbonyl (C=O) groups excluding carboxylic acids is 1. The predicted molar refractivity (Wildman–Crippen MR) is 106 cm³/mol. The van der Waals surface area contributed by atoms with Gasteiger partial charge in [-0.1, -0.05) is 19.1 Å². The minimum atomic E-state index is -0.198. The molecule has 1 aliphatic carbocycles. The minimum Gasteiger partial charge on any atom is -0.493 e. The van der Waals surface area contributed by atoms with Crippen molar-refractivity contribution in [2.45, 2.75) is 33.1 Å². The fourth-order valence-corrected chi connectivity index (χ4v) is 4.36. The van der Waals surface area contributed by atoms with E-state index in [2.05, 4.69) is 17.2 Å². The molecule has 1 heterocycles. The topological polar surface area (TPSA) is 60.5 Å². The first-order valence-electron chi connectivity index (χ1n) is 8.74. The molecule has 0 radical (unpaired) electrons. The maximum atomic E-state index is 12.8. The highest BCUT2D eigenvalue weighted by molar-refractivity contribution is 7.15. The highest BCUT2D eigenvalue weighted by Gasteiger charge is 2.21. The molecule has 0 bridgehead atoms. The number of amides is 1. The number of hydrogen-bond donors (Lipinski definition) is 1. The summed E-state index contributed by atoms with van der Waals surface area (Å²) in [6.45, 7) is 4.17. The summed E-state index contributed by atoms with van der Waals surface area (Å²) in [4.78, 5) is 18.6. The number of benzene rings is 1. The van der Waals surface area contributed by atoms with Gasteiger partial charge in [-0.2, -0.15) is 0 Å². The Morgan fingerprint density at radius 3 is 2.85 bits per heavy atom. The van der Waals surface area contributed by atoms with Gasteiger partial charge in [-0.05, 0) is 44.2 Å². The molecule has 1 amide bonds. The number of hydrogen-bond acceptors (Lipinski definition) is 5. The molecule has 26 heavy (non-hydrogen) atoms. The van der Waals surface area contributed by atoms with Crippen molar-refractivity contribution in [1.29, 1.82) is 0 Å². The number of methoxy groups -OCH3 is 2. The molecule has 3 rings (SSSR count). The Morgan fingerprint density at radius 2 is 2.15 bits per heavy atom. The molecule has 2 aromatic rings. The lowest BCUT2D eigenvalue weighted by atomic mass is 9.93. The van der Waals surface area contributed by atoms with E-state index in [1.54, 1.807) is 37.7 Å². The van der Waals surface area contributed by atoms with Gasteiger partial charge >= 0.3 is 0 Å². The van der Waals surface area contributed by atoms with E-state index in [1.807, 2.05) is 19.1 Å². The van der Waals surface area contributed by atoms with Crippen LogP contribution in [0, 0.1) is 5.92 Å². The lowest BCUT2D eigenvalue weighted by molar-refractivity contribution is 0.102. The van der Waals surface area contributed by atoms with Crippen LogP contribution in [0.5, 0.6) is 11.5 Å². The second-order valence-corrected chi connectivity index (χ2v) is 7.58. The van der Waals surface area contributed by atoms with Crippen molar-refractivity contribution in [3.05, 3.63) is 39.9 Å². The average Bonchev–Trinajstić information content (AvgIpc) is 3.02. The molecular weight excluding hydrogens is 348 g/mol. The van der Waals surface area contributed by atoms with Crippen molar-refractivity contribution in [2.24, 2.45) is 5.92 Å². The molecule has 1 atom stereocenters. The maximum absolute atomic E-state index is 12.8. The van der Waals surface area contributed by atoms with Crippen LogP contribution < -0.4 is 14.8 Å². The Balaban J connectivity index is 1.87. The number of carbonyl (C=O) groups is 1. The predicted octanol–water partition coefficient (Wildman–Crippen LogP) is 4.57. The van der Waals surface area contributed by atoms with Gasteiger partial charge in [0.15, 0.2) is 16.6 Å². The van der Waals surface area contributed by atoms with Gasteiger partial charge in [0.2, 0.25) is 0 Å². The monoisotopic (exact) mass is 372 g/mol. The first-order valence-corrected chi connectivity index (χ1v) is 9.56. The number of allylic oxidation sites excluding steroid dienone is 1. The molecule has 0 spiro atoms. The summed E-state index contributed by atoms with van der Waals surface area (Å²) in [5.41, 5.74) is 2.44. The number of anilines is 1. The largest absolute Gasteiger partial charge is 0.493 e. The number of aryl methyl sites for hydroxylation is 1. The van der Waals surface area contributed by atoms with Gasteiger partial charge in [0.1, 0.15) is 0 Å². The minimum absolute atomic E-state index is 0.198. The second kappa shape index (κ2) is 7.91. The van der Waals surface area contributed by atoms with Crippen LogP contribution in [0.3, 0.4) is 0 Å². The summed E-state index contributed by atoms with van der Waals surface area (Å²) in [6, 6.07) is 3.49. The van der Waals surface area contributed by atoms with Crippen LogP contribution >= 0.6 is 11.3 Å². The fourth-order valence-electron chi connectivity index (χ4n) is 3.19. The van der Waals surface area contributed by atoms with Crippen LogP contribution in [0.25, 0.3) is 6.08 Å². The van der Waals surface area contributed by atoms with E-state index in [-0.39, 0.29) is 5.91 Å². The Kier molecular flexibility index (Phi) is 5.61. The van der Waals surface area contributed by atoms with Crippen LogP contribution in [0.4, 0.5) is 5.13 Å². The van der Waals surface area contributed by atoms with Crippen molar-refractivity contribution in [2.75, 3.05) is 19.5 Å². The van der Waals surface area contributed by atoms with E-state index in [1.165, 1.54) is 4.88 Å². The zero-order chi connectivity index (χ0) is 18.7. The Labute approximate surface area is 158 Å². The number of aromatic nitrogens is 1. The van der Waals surface area contributed by atoms with Crippen LogP contribution in [0.2, 0.25) is 0 Å². The van der Waals surface area contributed by atoms with Crippen molar-refractivity contribution in [3.8, 4) is 11.5 Å².